The summed E-state index contributed by atoms with van der Waals surface area (Å²) in [5, 5.41) is 0.742. The second-order valence-corrected chi connectivity index (χ2v) is 6.64. The molecule has 2 fully saturated rings. The number of hydrogen-bond acceptors (Lipinski definition) is 2. The SMILES string of the molecule is O=C(CN1CCCCC1)C1(c2ccc(Cl)cc2)CCC1. The highest BCUT2D eigenvalue weighted by Crippen LogP contribution is 2.45. The van der Waals surface area contributed by atoms with E-state index in [0.717, 1.165) is 42.9 Å². The number of nitrogens with zero attached hydrogens (tertiary/aromatic N) is 1. The summed E-state index contributed by atoms with van der Waals surface area (Å²) in [5.74, 6) is 0.410. The maximum Gasteiger partial charge on any atom is 0.157 e. The molecular weight excluding hydrogens is 270 g/mol. The molecule has 3 heteroatoms. The molecule has 1 saturated carbocycles. The van der Waals surface area contributed by atoms with Gasteiger partial charge in [-0.3, -0.25) is 9.69 Å². The van der Waals surface area contributed by atoms with Crippen molar-refractivity contribution in [2.24, 2.45) is 0 Å². The predicted octanol–water partition coefficient (Wildman–Crippen LogP) is 3.82. The summed E-state index contributed by atoms with van der Waals surface area (Å²) < 4.78 is 0. The Kier molecular flexibility index (Phi) is 4.13. The molecular formula is C17H22ClNO. The number of likely N-dealkylation sites (tertiary alicyclic amines) is 1. The molecule has 1 aliphatic carbocycles. The molecule has 108 valence electrons. The largest absolute Gasteiger partial charge is 0.297 e. The van der Waals surface area contributed by atoms with Gasteiger partial charge in [-0.2, -0.15) is 0 Å². The van der Waals surface area contributed by atoms with Crippen LogP contribution < -0.4 is 0 Å². The Hall–Kier alpha value is -0.860. The van der Waals surface area contributed by atoms with E-state index in [1.165, 1.54) is 19.3 Å². The molecule has 3 rings (SSSR count). The van der Waals surface area contributed by atoms with E-state index in [0.29, 0.717) is 12.3 Å². The van der Waals surface area contributed by atoms with Crippen molar-refractivity contribution in [2.75, 3.05) is 19.6 Å². The zero-order valence-corrected chi connectivity index (χ0v) is 12.7. The number of hydrogen-bond donors (Lipinski definition) is 0. The number of Topliss-reactive ketones (excluding diaryl/α,β-unsaturated/α-hetero) is 1. The summed E-state index contributed by atoms with van der Waals surface area (Å²) in [6.07, 6.45) is 6.95. The molecule has 0 atom stereocenters. The van der Waals surface area contributed by atoms with Crippen molar-refractivity contribution in [2.45, 2.75) is 43.9 Å². The third-order valence-corrected chi connectivity index (χ3v) is 5.21. The first-order valence-corrected chi connectivity index (χ1v) is 8.10. The lowest BCUT2D eigenvalue weighted by atomic mass is 9.62. The van der Waals surface area contributed by atoms with Crippen molar-refractivity contribution in [3.05, 3.63) is 34.9 Å². The van der Waals surface area contributed by atoms with Crippen molar-refractivity contribution >= 4 is 17.4 Å². The molecule has 2 nitrogen and oxygen atoms in total. The lowest BCUT2D eigenvalue weighted by molar-refractivity contribution is -0.129. The molecule has 1 aliphatic heterocycles. The van der Waals surface area contributed by atoms with Gasteiger partial charge in [0.15, 0.2) is 5.78 Å². The minimum absolute atomic E-state index is 0.220. The van der Waals surface area contributed by atoms with Crippen LogP contribution in [0, 0.1) is 0 Å². The summed E-state index contributed by atoms with van der Waals surface area (Å²) in [6.45, 7) is 2.80. The van der Waals surface area contributed by atoms with Crippen LogP contribution in [-0.2, 0) is 10.2 Å². The summed E-state index contributed by atoms with van der Waals surface area (Å²) in [7, 11) is 0. The van der Waals surface area contributed by atoms with Crippen LogP contribution in [0.5, 0.6) is 0 Å². The first kappa shape index (κ1) is 14.1. The molecule has 0 spiro atoms. The van der Waals surface area contributed by atoms with Crippen LogP contribution in [0.1, 0.15) is 44.1 Å². The molecule has 1 saturated heterocycles. The van der Waals surface area contributed by atoms with Gasteiger partial charge in [0, 0.05) is 5.02 Å². The molecule has 0 N–H and O–H groups in total. The molecule has 20 heavy (non-hydrogen) atoms. The summed E-state index contributed by atoms with van der Waals surface area (Å²) >= 11 is 5.96. The third kappa shape index (κ3) is 2.64. The Morgan fingerprint density at radius 2 is 1.70 bits per heavy atom. The van der Waals surface area contributed by atoms with Gasteiger partial charge in [-0.25, -0.2) is 0 Å². The number of benzene rings is 1. The molecule has 1 heterocycles. The Labute approximate surface area is 126 Å². The zero-order chi connectivity index (χ0) is 14.0. The van der Waals surface area contributed by atoms with E-state index in [2.05, 4.69) is 4.90 Å². The van der Waals surface area contributed by atoms with Gasteiger partial charge in [0.1, 0.15) is 0 Å². The van der Waals surface area contributed by atoms with Gasteiger partial charge in [-0.05, 0) is 56.5 Å². The number of halogens is 1. The molecule has 0 amide bonds. The average molecular weight is 292 g/mol. The minimum atomic E-state index is -0.220. The number of rotatable bonds is 4. The Morgan fingerprint density at radius 3 is 2.25 bits per heavy atom. The smallest absolute Gasteiger partial charge is 0.157 e. The van der Waals surface area contributed by atoms with E-state index >= 15 is 0 Å². The lowest BCUT2D eigenvalue weighted by Gasteiger charge is -2.42. The van der Waals surface area contributed by atoms with Crippen molar-refractivity contribution in [3.8, 4) is 0 Å². The average Bonchev–Trinajstić information content (AvgIpc) is 2.41. The number of ketones is 1. The van der Waals surface area contributed by atoms with Crippen molar-refractivity contribution in [1.82, 2.24) is 4.90 Å². The van der Waals surface area contributed by atoms with Crippen LogP contribution in [0.2, 0.25) is 5.02 Å². The molecule has 1 aromatic rings. The van der Waals surface area contributed by atoms with E-state index in [4.69, 9.17) is 11.6 Å². The van der Waals surface area contributed by atoms with Crippen LogP contribution in [0.25, 0.3) is 0 Å². The molecule has 2 aliphatic rings. The lowest BCUT2D eigenvalue weighted by Crippen LogP contribution is -2.48. The van der Waals surface area contributed by atoms with E-state index in [1.807, 2.05) is 24.3 Å². The Balaban J connectivity index is 1.74. The van der Waals surface area contributed by atoms with Crippen LogP contribution in [0.4, 0.5) is 0 Å². The molecule has 0 unspecified atom stereocenters. The molecule has 1 aromatic carbocycles. The predicted molar refractivity (Wildman–Crippen MR) is 82.3 cm³/mol. The van der Waals surface area contributed by atoms with E-state index in [-0.39, 0.29) is 5.41 Å². The van der Waals surface area contributed by atoms with Gasteiger partial charge in [0.25, 0.3) is 0 Å². The molecule has 0 radical (unpaired) electrons. The summed E-state index contributed by atoms with van der Waals surface area (Å²) in [6, 6.07) is 7.89. The quantitative estimate of drug-likeness (QED) is 0.840. The summed E-state index contributed by atoms with van der Waals surface area (Å²) in [5.41, 5.74) is 0.942. The fourth-order valence-electron chi connectivity index (χ4n) is 3.50. The maximum atomic E-state index is 12.8. The normalized spacial score (nSPS) is 22.2. The van der Waals surface area contributed by atoms with Gasteiger partial charge in [0.2, 0.25) is 0 Å². The van der Waals surface area contributed by atoms with Crippen molar-refractivity contribution in [1.29, 1.82) is 0 Å². The maximum absolute atomic E-state index is 12.8. The highest BCUT2D eigenvalue weighted by Gasteiger charge is 2.45. The van der Waals surface area contributed by atoms with Gasteiger partial charge in [0.05, 0.1) is 12.0 Å². The monoisotopic (exact) mass is 291 g/mol. The Bertz CT molecular complexity index is 472. The van der Waals surface area contributed by atoms with Crippen LogP contribution >= 0.6 is 11.6 Å². The third-order valence-electron chi connectivity index (χ3n) is 4.95. The summed E-state index contributed by atoms with van der Waals surface area (Å²) in [4.78, 5) is 15.2. The Morgan fingerprint density at radius 1 is 1.05 bits per heavy atom. The second kappa shape index (κ2) is 5.87. The second-order valence-electron chi connectivity index (χ2n) is 6.20. The zero-order valence-electron chi connectivity index (χ0n) is 11.9. The first-order valence-electron chi connectivity index (χ1n) is 7.72. The highest BCUT2D eigenvalue weighted by atomic mass is 35.5. The fourth-order valence-corrected chi connectivity index (χ4v) is 3.63. The number of carbonyl (C=O) groups is 1. The topological polar surface area (TPSA) is 20.3 Å². The highest BCUT2D eigenvalue weighted by molar-refractivity contribution is 6.30. The van der Waals surface area contributed by atoms with Gasteiger partial charge in [-0.1, -0.05) is 36.6 Å². The van der Waals surface area contributed by atoms with Crippen LogP contribution in [-0.4, -0.2) is 30.3 Å². The standard InChI is InChI=1S/C17H22ClNO/c18-15-7-5-14(6-8-15)17(9-4-10-17)16(20)13-19-11-2-1-3-12-19/h5-8H,1-4,9-13H2. The molecule has 0 bridgehead atoms. The van der Waals surface area contributed by atoms with Crippen molar-refractivity contribution in [3.63, 3.8) is 0 Å². The van der Waals surface area contributed by atoms with E-state index < -0.39 is 0 Å². The van der Waals surface area contributed by atoms with E-state index in [9.17, 15) is 4.79 Å². The first-order chi connectivity index (χ1) is 9.71. The van der Waals surface area contributed by atoms with Crippen LogP contribution in [0.3, 0.4) is 0 Å². The van der Waals surface area contributed by atoms with Crippen LogP contribution in [0.15, 0.2) is 24.3 Å². The van der Waals surface area contributed by atoms with Crippen molar-refractivity contribution < 1.29 is 4.79 Å². The van der Waals surface area contributed by atoms with Gasteiger partial charge >= 0.3 is 0 Å². The molecule has 0 aromatic heterocycles. The van der Waals surface area contributed by atoms with Gasteiger partial charge < -0.3 is 0 Å². The number of piperidine rings is 1. The number of carbonyl (C=O) groups excluding carboxylic acids is 1. The fraction of sp³-hybridized carbons (Fsp3) is 0.588. The minimum Gasteiger partial charge on any atom is -0.297 e. The van der Waals surface area contributed by atoms with E-state index in [1.54, 1.807) is 0 Å². The van der Waals surface area contributed by atoms with Gasteiger partial charge in [-0.15, -0.1) is 0 Å².